The van der Waals surface area contributed by atoms with Crippen molar-refractivity contribution >= 4 is 44.9 Å². The summed E-state index contributed by atoms with van der Waals surface area (Å²) in [7, 11) is -6.48. The van der Waals surface area contributed by atoms with Gasteiger partial charge >= 0.3 is 48.7 Å². The van der Waals surface area contributed by atoms with Crippen LogP contribution >= 0.6 is 34.8 Å². The Morgan fingerprint density at radius 3 is 1.36 bits per heavy atom. The quantitative estimate of drug-likeness (QED) is 0.331. The Balaban J connectivity index is 3.57. The SMILES string of the molecule is O=S1(=O)OC(F)(C(F)(F)C(F)(Cl)C(F)(F)C(F)(Cl)C(F)(F)Cl)C1(F)F. The van der Waals surface area contributed by atoms with Crippen molar-refractivity contribution in [2.75, 3.05) is 0 Å². The molecule has 1 aliphatic rings. The Bertz CT molecular complexity index is 673. The molecular formula is C7Cl3F11O3S. The van der Waals surface area contributed by atoms with E-state index in [-0.39, 0.29) is 0 Å². The average molecular weight is 479 g/mol. The summed E-state index contributed by atoms with van der Waals surface area (Å²) >= 11 is 11.6. The second kappa shape index (κ2) is 5.29. The van der Waals surface area contributed by atoms with Crippen LogP contribution in [-0.4, -0.2) is 47.0 Å². The molecule has 25 heavy (non-hydrogen) atoms. The van der Waals surface area contributed by atoms with E-state index in [2.05, 4.69) is 39.0 Å². The summed E-state index contributed by atoms with van der Waals surface area (Å²) in [5, 5.41) is -25.5. The van der Waals surface area contributed by atoms with Crippen molar-refractivity contribution in [2.45, 2.75) is 38.6 Å². The van der Waals surface area contributed by atoms with Crippen LogP contribution in [0.15, 0.2) is 0 Å². The highest BCUT2D eigenvalue weighted by molar-refractivity contribution is 7.89. The van der Waals surface area contributed by atoms with Crippen molar-refractivity contribution in [1.82, 2.24) is 0 Å². The minimum atomic E-state index is -7.16. The molecule has 1 rings (SSSR count). The Morgan fingerprint density at radius 1 is 0.760 bits per heavy atom. The van der Waals surface area contributed by atoms with Gasteiger partial charge in [-0.15, -0.1) is 0 Å². The molecule has 0 aromatic carbocycles. The summed E-state index contributed by atoms with van der Waals surface area (Å²) in [6.07, 6.45) is 0. The molecule has 0 saturated carbocycles. The number of halogens is 14. The first-order valence-electron chi connectivity index (χ1n) is 5.05. The van der Waals surface area contributed by atoms with Crippen LogP contribution in [0.25, 0.3) is 0 Å². The minimum absolute atomic E-state index is 2.44. The third kappa shape index (κ3) is 2.44. The Labute approximate surface area is 145 Å². The number of hydrogen-bond acceptors (Lipinski definition) is 3. The molecule has 1 aliphatic heterocycles. The van der Waals surface area contributed by atoms with E-state index in [1.807, 2.05) is 0 Å². The fraction of sp³-hybridized carbons (Fsp3) is 1.00. The van der Waals surface area contributed by atoms with Gasteiger partial charge in [0.05, 0.1) is 0 Å². The maximum atomic E-state index is 13.7. The van der Waals surface area contributed by atoms with Gasteiger partial charge < -0.3 is 0 Å². The molecular weight excluding hydrogens is 479 g/mol. The first-order valence-corrected chi connectivity index (χ1v) is 7.60. The topological polar surface area (TPSA) is 43.4 Å². The van der Waals surface area contributed by atoms with Crippen LogP contribution in [0, 0.1) is 0 Å². The third-order valence-electron chi connectivity index (χ3n) is 2.86. The number of hydrogen-bond donors (Lipinski definition) is 0. The maximum absolute atomic E-state index is 13.7. The van der Waals surface area contributed by atoms with Crippen molar-refractivity contribution in [3.05, 3.63) is 0 Å². The van der Waals surface area contributed by atoms with Crippen molar-refractivity contribution in [3.8, 4) is 0 Å². The highest BCUT2D eigenvalue weighted by atomic mass is 35.5. The summed E-state index contributed by atoms with van der Waals surface area (Å²) in [6.45, 7) is 0. The first-order chi connectivity index (χ1) is 10.5. The Hall–Kier alpha value is 0.01000. The van der Waals surface area contributed by atoms with Crippen LogP contribution in [0.5, 0.6) is 0 Å². The van der Waals surface area contributed by atoms with Crippen LogP contribution in [0.3, 0.4) is 0 Å². The Morgan fingerprint density at radius 2 is 1.12 bits per heavy atom. The van der Waals surface area contributed by atoms with Gasteiger partial charge in [0, 0.05) is 0 Å². The third-order valence-corrected chi connectivity index (χ3v) is 5.50. The summed E-state index contributed by atoms with van der Waals surface area (Å²) in [4.78, 5) is 0. The van der Waals surface area contributed by atoms with E-state index in [1.54, 1.807) is 0 Å². The predicted molar refractivity (Wildman–Crippen MR) is 58.9 cm³/mol. The van der Waals surface area contributed by atoms with Gasteiger partial charge in [-0.2, -0.15) is 47.9 Å². The summed E-state index contributed by atoms with van der Waals surface area (Å²) < 4.78 is 169. The van der Waals surface area contributed by atoms with Crippen LogP contribution < -0.4 is 0 Å². The van der Waals surface area contributed by atoms with E-state index >= 15 is 0 Å². The standard InChI is InChI=1S/C7Cl3F11O3S/c8-1(11,3(13,14)2(9,12)6(10,18)19)4(15,16)5(17)7(20,21)25(22,23)24-5. The van der Waals surface area contributed by atoms with Crippen molar-refractivity contribution < 1.29 is 60.9 Å². The summed E-state index contributed by atoms with van der Waals surface area (Å²) in [5.41, 5.74) is 0. The lowest BCUT2D eigenvalue weighted by Gasteiger charge is -2.48. The normalized spacial score (nSPS) is 31.6. The zero-order valence-corrected chi connectivity index (χ0v) is 13.5. The molecule has 0 aromatic rings. The zero-order valence-electron chi connectivity index (χ0n) is 10.4. The number of alkyl halides is 14. The van der Waals surface area contributed by atoms with Crippen LogP contribution in [0.4, 0.5) is 48.3 Å². The average Bonchev–Trinajstić information content (AvgIpc) is 2.35. The van der Waals surface area contributed by atoms with Crippen molar-refractivity contribution in [2.24, 2.45) is 0 Å². The molecule has 3 nitrogen and oxygen atoms in total. The summed E-state index contributed by atoms with van der Waals surface area (Å²) in [5.74, 6) is -20.7. The second-order valence-electron chi connectivity index (χ2n) is 4.44. The molecule has 0 aromatic heterocycles. The fourth-order valence-electron chi connectivity index (χ4n) is 1.39. The van der Waals surface area contributed by atoms with Gasteiger partial charge in [-0.25, -0.2) is 13.0 Å². The van der Waals surface area contributed by atoms with Gasteiger partial charge in [-0.3, -0.25) is 0 Å². The highest BCUT2D eigenvalue weighted by Gasteiger charge is 2.97. The molecule has 150 valence electrons. The molecule has 0 radical (unpaired) electrons. The molecule has 0 N–H and O–H groups in total. The van der Waals surface area contributed by atoms with Gasteiger partial charge in [-0.1, -0.05) is 23.2 Å². The molecule has 1 saturated heterocycles. The molecule has 3 unspecified atom stereocenters. The Kier molecular flexibility index (Phi) is 4.88. The van der Waals surface area contributed by atoms with Gasteiger partial charge in [0.2, 0.25) is 0 Å². The molecule has 0 bridgehead atoms. The van der Waals surface area contributed by atoms with Gasteiger partial charge in [-0.05, 0) is 11.6 Å². The molecule has 1 heterocycles. The zero-order chi connectivity index (χ0) is 20.7. The molecule has 0 amide bonds. The molecule has 0 aliphatic carbocycles. The maximum Gasteiger partial charge on any atom is 0.434 e. The number of rotatable bonds is 5. The fourth-order valence-corrected chi connectivity index (χ4v) is 2.93. The largest absolute Gasteiger partial charge is 0.434 e. The van der Waals surface area contributed by atoms with Crippen molar-refractivity contribution in [3.63, 3.8) is 0 Å². The molecule has 18 heteroatoms. The smallest absolute Gasteiger partial charge is 0.212 e. The molecule has 0 spiro atoms. The van der Waals surface area contributed by atoms with Crippen LogP contribution in [0.2, 0.25) is 0 Å². The van der Waals surface area contributed by atoms with Crippen LogP contribution in [-0.2, 0) is 14.3 Å². The molecule has 1 fully saturated rings. The van der Waals surface area contributed by atoms with E-state index in [9.17, 15) is 56.7 Å². The van der Waals surface area contributed by atoms with Gasteiger partial charge in [0.25, 0.3) is 0 Å². The van der Waals surface area contributed by atoms with Gasteiger partial charge in [0.1, 0.15) is 0 Å². The van der Waals surface area contributed by atoms with E-state index in [0.29, 0.717) is 0 Å². The lowest BCUT2D eigenvalue weighted by atomic mass is 9.96. The lowest BCUT2D eigenvalue weighted by molar-refractivity contribution is -0.383. The van der Waals surface area contributed by atoms with E-state index < -0.39 is 48.7 Å². The predicted octanol–water partition coefficient (Wildman–Crippen LogP) is 4.52. The second-order valence-corrected chi connectivity index (χ2v) is 7.55. The van der Waals surface area contributed by atoms with Crippen LogP contribution in [0.1, 0.15) is 0 Å². The minimum Gasteiger partial charge on any atom is -0.212 e. The monoisotopic (exact) mass is 478 g/mol. The lowest BCUT2D eigenvalue weighted by Crippen LogP contribution is -2.79. The summed E-state index contributed by atoms with van der Waals surface area (Å²) in [6, 6.07) is 0. The molecule has 3 atom stereocenters. The van der Waals surface area contributed by atoms with E-state index in [4.69, 9.17) is 0 Å². The van der Waals surface area contributed by atoms with E-state index in [1.165, 1.54) is 0 Å². The van der Waals surface area contributed by atoms with E-state index in [0.717, 1.165) is 0 Å². The van der Waals surface area contributed by atoms with Crippen molar-refractivity contribution in [1.29, 1.82) is 0 Å². The highest BCUT2D eigenvalue weighted by Crippen LogP contribution is 2.67. The van der Waals surface area contributed by atoms with Gasteiger partial charge in [0.15, 0.2) is 0 Å². The first kappa shape index (κ1) is 23.0.